The van der Waals surface area contributed by atoms with E-state index in [0.29, 0.717) is 35.8 Å². The number of allylic oxidation sites excluding steroid dienone is 2. The SMILES string of the molecule is C=CCOc1ccc(C(=O)CC(=CCC)c2ccc(OC)cc2OC)cc1. The molecule has 0 unspecified atom stereocenters. The summed E-state index contributed by atoms with van der Waals surface area (Å²) in [6, 6.07) is 12.8. The molecule has 2 rings (SSSR count). The van der Waals surface area contributed by atoms with E-state index in [0.717, 1.165) is 17.6 Å². The molecule has 0 heterocycles. The third kappa shape index (κ3) is 5.48. The Bertz CT molecular complexity index is 804. The summed E-state index contributed by atoms with van der Waals surface area (Å²) < 4.78 is 16.2. The molecule has 0 fully saturated rings. The fraction of sp³-hybridized carbons (Fsp3) is 0.261. The maximum atomic E-state index is 12.8. The summed E-state index contributed by atoms with van der Waals surface area (Å²) in [5.74, 6) is 2.17. The summed E-state index contributed by atoms with van der Waals surface area (Å²) in [4.78, 5) is 12.8. The zero-order valence-corrected chi connectivity index (χ0v) is 16.2. The van der Waals surface area contributed by atoms with Gasteiger partial charge in [0.05, 0.1) is 14.2 Å². The Morgan fingerprint density at radius 2 is 1.74 bits per heavy atom. The highest BCUT2D eigenvalue weighted by atomic mass is 16.5. The lowest BCUT2D eigenvalue weighted by Crippen LogP contribution is -2.03. The number of carbonyl (C=O) groups is 1. The second-order valence-corrected chi connectivity index (χ2v) is 5.93. The van der Waals surface area contributed by atoms with Crippen LogP contribution in [-0.2, 0) is 0 Å². The number of hydrogen-bond donors (Lipinski definition) is 0. The van der Waals surface area contributed by atoms with Crippen molar-refractivity contribution in [3.05, 3.63) is 72.3 Å². The summed E-state index contributed by atoms with van der Waals surface area (Å²) >= 11 is 0. The van der Waals surface area contributed by atoms with Gasteiger partial charge in [0.2, 0.25) is 0 Å². The molecule has 0 aromatic heterocycles. The predicted octanol–water partition coefficient (Wildman–Crippen LogP) is 5.34. The van der Waals surface area contributed by atoms with Crippen LogP contribution in [0.4, 0.5) is 0 Å². The first-order valence-electron chi connectivity index (χ1n) is 8.91. The number of ketones is 1. The van der Waals surface area contributed by atoms with E-state index in [1.165, 1.54) is 0 Å². The number of rotatable bonds is 10. The first kappa shape index (κ1) is 20.3. The number of ether oxygens (including phenoxy) is 3. The minimum absolute atomic E-state index is 0.0443. The fourth-order valence-corrected chi connectivity index (χ4v) is 2.75. The highest BCUT2D eigenvalue weighted by Gasteiger charge is 2.15. The van der Waals surface area contributed by atoms with E-state index in [4.69, 9.17) is 14.2 Å². The van der Waals surface area contributed by atoms with Gasteiger partial charge in [-0.15, -0.1) is 0 Å². The lowest BCUT2D eigenvalue weighted by Gasteiger charge is -2.14. The molecule has 2 aromatic rings. The average Bonchev–Trinajstić information content (AvgIpc) is 2.71. The van der Waals surface area contributed by atoms with Crippen LogP contribution in [-0.4, -0.2) is 26.6 Å². The first-order valence-corrected chi connectivity index (χ1v) is 8.91. The largest absolute Gasteiger partial charge is 0.497 e. The van der Waals surface area contributed by atoms with Gasteiger partial charge < -0.3 is 14.2 Å². The maximum Gasteiger partial charge on any atom is 0.167 e. The quantitative estimate of drug-likeness (QED) is 0.421. The van der Waals surface area contributed by atoms with E-state index in [1.54, 1.807) is 44.6 Å². The minimum Gasteiger partial charge on any atom is -0.497 e. The Hall–Kier alpha value is -3.01. The van der Waals surface area contributed by atoms with E-state index < -0.39 is 0 Å². The van der Waals surface area contributed by atoms with Crippen molar-refractivity contribution in [2.75, 3.05) is 20.8 Å². The number of methoxy groups -OCH3 is 2. The Labute approximate surface area is 161 Å². The number of benzene rings is 2. The Kier molecular flexibility index (Phi) is 7.68. The summed E-state index contributed by atoms with van der Waals surface area (Å²) in [7, 11) is 3.23. The molecule has 0 bridgehead atoms. The predicted molar refractivity (Wildman–Crippen MR) is 109 cm³/mol. The molecule has 0 aliphatic carbocycles. The van der Waals surface area contributed by atoms with Crippen molar-refractivity contribution in [3.63, 3.8) is 0 Å². The second-order valence-electron chi connectivity index (χ2n) is 5.93. The van der Waals surface area contributed by atoms with Gasteiger partial charge in [0.1, 0.15) is 23.9 Å². The number of Topliss-reactive ketones (excluding diaryl/α,β-unsaturated/α-hetero) is 1. The van der Waals surface area contributed by atoms with Gasteiger partial charge in [0, 0.05) is 23.6 Å². The third-order valence-corrected chi connectivity index (χ3v) is 4.10. The van der Waals surface area contributed by atoms with Crippen molar-refractivity contribution >= 4 is 11.4 Å². The molecule has 0 atom stereocenters. The van der Waals surface area contributed by atoms with Crippen LogP contribution in [0.25, 0.3) is 5.57 Å². The molecule has 0 saturated carbocycles. The van der Waals surface area contributed by atoms with Crippen molar-refractivity contribution in [2.45, 2.75) is 19.8 Å². The molecule has 0 aliphatic rings. The molecule has 2 aromatic carbocycles. The van der Waals surface area contributed by atoms with E-state index in [-0.39, 0.29) is 5.78 Å². The van der Waals surface area contributed by atoms with Crippen molar-refractivity contribution < 1.29 is 19.0 Å². The Balaban J connectivity index is 2.22. The number of hydrogen-bond acceptors (Lipinski definition) is 4. The molecule has 4 heteroatoms. The minimum atomic E-state index is 0.0443. The van der Waals surface area contributed by atoms with Crippen molar-refractivity contribution in [3.8, 4) is 17.2 Å². The molecule has 0 amide bonds. The van der Waals surface area contributed by atoms with Gasteiger partial charge in [-0.05, 0) is 48.4 Å². The highest BCUT2D eigenvalue weighted by Crippen LogP contribution is 2.33. The van der Waals surface area contributed by atoms with Crippen LogP contribution in [0.3, 0.4) is 0 Å². The zero-order chi connectivity index (χ0) is 19.6. The second kappa shape index (κ2) is 10.2. The maximum absolute atomic E-state index is 12.8. The molecule has 0 radical (unpaired) electrons. The normalized spacial score (nSPS) is 11.0. The van der Waals surface area contributed by atoms with Crippen LogP contribution in [0.1, 0.15) is 35.7 Å². The summed E-state index contributed by atoms with van der Waals surface area (Å²) in [5.41, 5.74) is 2.49. The van der Waals surface area contributed by atoms with Crippen molar-refractivity contribution in [2.24, 2.45) is 0 Å². The van der Waals surface area contributed by atoms with Crippen molar-refractivity contribution in [1.29, 1.82) is 0 Å². The smallest absolute Gasteiger partial charge is 0.167 e. The lowest BCUT2D eigenvalue weighted by atomic mass is 9.95. The van der Waals surface area contributed by atoms with Crippen LogP contribution in [0.5, 0.6) is 17.2 Å². The van der Waals surface area contributed by atoms with Crippen LogP contribution in [0.15, 0.2) is 61.2 Å². The van der Waals surface area contributed by atoms with Gasteiger partial charge in [-0.2, -0.15) is 0 Å². The molecule has 0 spiro atoms. The van der Waals surface area contributed by atoms with E-state index in [1.807, 2.05) is 25.1 Å². The van der Waals surface area contributed by atoms with E-state index >= 15 is 0 Å². The molecular formula is C23H26O4. The highest BCUT2D eigenvalue weighted by molar-refractivity contribution is 6.02. The van der Waals surface area contributed by atoms with Gasteiger partial charge in [0.25, 0.3) is 0 Å². The van der Waals surface area contributed by atoms with Gasteiger partial charge in [0.15, 0.2) is 5.78 Å². The monoisotopic (exact) mass is 366 g/mol. The van der Waals surface area contributed by atoms with Gasteiger partial charge in [-0.1, -0.05) is 25.7 Å². The first-order chi connectivity index (χ1) is 13.1. The fourth-order valence-electron chi connectivity index (χ4n) is 2.75. The summed E-state index contributed by atoms with van der Waals surface area (Å²) in [6.07, 6.45) is 4.86. The zero-order valence-electron chi connectivity index (χ0n) is 16.2. The standard InChI is InChI=1S/C23H26O4/c1-5-7-18(21-13-12-20(25-3)16-23(21)26-4)15-22(24)17-8-10-19(11-9-17)27-14-6-2/h6-13,16H,2,5,14-15H2,1,3-4H3. The van der Waals surface area contributed by atoms with E-state index in [9.17, 15) is 4.79 Å². The molecule has 0 N–H and O–H groups in total. The Morgan fingerprint density at radius 1 is 1.04 bits per heavy atom. The topological polar surface area (TPSA) is 44.8 Å². The number of carbonyl (C=O) groups excluding carboxylic acids is 1. The summed E-state index contributed by atoms with van der Waals surface area (Å²) in [5, 5.41) is 0. The average molecular weight is 366 g/mol. The van der Waals surface area contributed by atoms with Crippen LogP contribution < -0.4 is 14.2 Å². The van der Waals surface area contributed by atoms with Gasteiger partial charge >= 0.3 is 0 Å². The van der Waals surface area contributed by atoms with Crippen LogP contribution in [0.2, 0.25) is 0 Å². The van der Waals surface area contributed by atoms with Crippen LogP contribution in [0, 0.1) is 0 Å². The van der Waals surface area contributed by atoms with Gasteiger partial charge in [-0.3, -0.25) is 4.79 Å². The molecule has 0 aliphatic heterocycles. The molecule has 27 heavy (non-hydrogen) atoms. The third-order valence-electron chi connectivity index (χ3n) is 4.10. The Morgan fingerprint density at radius 3 is 2.33 bits per heavy atom. The summed E-state index contributed by atoms with van der Waals surface area (Å²) in [6.45, 7) is 6.11. The molecule has 142 valence electrons. The molecule has 4 nitrogen and oxygen atoms in total. The molecule has 0 saturated heterocycles. The van der Waals surface area contributed by atoms with Crippen LogP contribution >= 0.6 is 0 Å². The molecular weight excluding hydrogens is 340 g/mol. The van der Waals surface area contributed by atoms with Crippen molar-refractivity contribution in [1.82, 2.24) is 0 Å². The lowest BCUT2D eigenvalue weighted by molar-refractivity contribution is 0.0998. The van der Waals surface area contributed by atoms with E-state index in [2.05, 4.69) is 12.7 Å². The van der Waals surface area contributed by atoms with Gasteiger partial charge in [-0.25, -0.2) is 0 Å².